The van der Waals surface area contributed by atoms with E-state index in [9.17, 15) is 0 Å². The van der Waals surface area contributed by atoms with E-state index in [0.717, 1.165) is 6.42 Å². The second kappa shape index (κ2) is 4.73. The van der Waals surface area contributed by atoms with E-state index in [1.54, 1.807) is 19.0 Å². The van der Waals surface area contributed by atoms with E-state index in [2.05, 4.69) is 0 Å². The van der Waals surface area contributed by atoms with E-state index in [0.29, 0.717) is 6.61 Å². The highest BCUT2D eigenvalue weighted by atomic mass is 16.6. The Morgan fingerprint density at radius 2 is 2.11 bits per heavy atom. The van der Waals surface area contributed by atoms with Gasteiger partial charge in [-0.05, 0) is 20.5 Å². The van der Waals surface area contributed by atoms with Crippen molar-refractivity contribution in [2.75, 3.05) is 20.7 Å². The summed E-state index contributed by atoms with van der Waals surface area (Å²) in [5, 5.41) is 8.96. The average molecular weight is 133 g/mol. The molecule has 0 radical (unpaired) electrons. The van der Waals surface area contributed by atoms with E-state index in [1.165, 1.54) is 0 Å². The van der Waals surface area contributed by atoms with Crippen molar-refractivity contribution < 1.29 is 9.84 Å². The first-order chi connectivity index (χ1) is 4.18. The smallest absolute Gasteiger partial charge is 0.215 e. The predicted molar refractivity (Wildman–Crippen MR) is 35.9 cm³/mol. The molecule has 0 aromatic carbocycles. The molecular weight excluding hydrogens is 118 g/mol. The molecule has 1 unspecified atom stereocenters. The average Bonchev–Trinajstić information content (AvgIpc) is 1.82. The standard InChI is InChI=1S/C6H15NO2/c1-4-5-9-6(8)7(2)3/h6,8H,4-5H2,1-3H3. The second-order valence-electron chi connectivity index (χ2n) is 2.16. The lowest BCUT2D eigenvalue weighted by Crippen LogP contribution is -2.30. The van der Waals surface area contributed by atoms with E-state index in [1.807, 2.05) is 6.92 Å². The molecule has 9 heavy (non-hydrogen) atoms. The molecule has 0 spiro atoms. The molecule has 3 nitrogen and oxygen atoms in total. The molecule has 0 aliphatic heterocycles. The Labute approximate surface area is 56.2 Å². The number of rotatable bonds is 4. The van der Waals surface area contributed by atoms with Gasteiger partial charge < -0.3 is 9.84 Å². The summed E-state index contributed by atoms with van der Waals surface area (Å²) in [6.07, 6.45) is 0.190. The molecule has 56 valence electrons. The third-order valence-corrected chi connectivity index (χ3v) is 0.913. The molecule has 1 N–H and O–H groups in total. The summed E-state index contributed by atoms with van der Waals surface area (Å²) in [5.41, 5.74) is 0. The Hall–Kier alpha value is -0.120. The second-order valence-corrected chi connectivity index (χ2v) is 2.16. The Morgan fingerprint density at radius 3 is 2.44 bits per heavy atom. The van der Waals surface area contributed by atoms with Crippen molar-refractivity contribution >= 4 is 0 Å². The van der Waals surface area contributed by atoms with Gasteiger partial charge in [-0.25, -0.2) is 0 Å². The van der Waals surface area contributed by atoms with Gasteiger partial charge in [0.05, 0.1) is 6.61 Å². The van der Waals surface area contributed by atoms with E-state index >= 15 is 0 Å². The van der Waals surface area contributed by atoms with Gasteiger partial charge in [-0.2, -0.15) is 0 Å². The molecule has 0 aliphatic rings. The molecule has 0 rings (SSSR count). The first-order valence-corrected chi connectivity index (χ1v) is 3.14. The third kappa shape index (κ3) is 4.39. The fourth-order valence-corrected chi connectivity index (χ4v) is 0.372. The van der Waals surface area contributed by atoms with Crippen LogP contribution in [0.1, 0.15) is 13.3 Å². The zero-order chi connectivity index (χ0) is 7.28. The summed E-state index contributed by atoms with van der Waals surface area (Å²) in [5.74, 6) is 0. The number of hydrogen-bond acceptors (Lipinski definition) is 3. The van der Waals surface area contributed by atoms with Crippen molar-refractivity contribution in [3.05, 3.63) is 0 Å². The molecular formula is C6H15NO2. The quantitative estimate of drug-likeness (QED) is 0.558. The van der Waals surface area contributed by atoms with E-state index in [4.69, 9.17) is 9.84 Å². The van der Waals surface area contributed by atoms with Crippen molar-refractivity contribution in [2.45, 2.75) is 19.8 Å². The van der Waals surface area contributed by atoms with Crippen molar-refractivity contribution in [1.29, 1.82) is 0 Å². The topological polar surface area (TPSA) is 32.7 Å². The summed E-state index contributed by atoms with van der Waals surface area (Å²) in [4.78, 5) is 1.61. The van der Waals surface area contributed by atoms with Crippen molar-refractivity contribution in [2.24, 2.45) is 0 Å². The molecule has 0 amide bonds. The first kappa shape index (κ1) is 8.88. The first-order valence-electron chi connectivity index (χ1n) is 3.14. The van der Waals surface area contributed by atoms with Crippen LogP contribution in [0.25, 0.3) is 0 Å². The maximum absolute atomic E-state index is 8.96. The lowest BCUT2D eigenvalue weighted by Gasteiger charge is -2.17. The highest BCUT2D eigenvalue weighted by molar-refractivity contribution is 4.34. The third-order valence-electron chi connectivity index (χ3n) is 0.913. The van der Waals surface area contributed by atoms with Crippen LogP contribution >= 0.6 is 0 Å². The number of aliphatic hydroxyl groups excluding tert-OH is 1. The van der Waals surface area contributed by atoms with Crippen LogP contribution in [0.4, 0.5) is 0 Å². The molecule has 0 heterocycles. The lowest BCUT2D eigenvalue weighted by molar-refractivity contribution is -0.176. The van der Waals surface area contributed by atoms with Gasteiger partial charge in [0.25, 0.3) is 0 Å². The largest absolute Gasteiger partial charge is 0.356 e. The van der Waals surface area contributed by atoms with Gasteiger partial charge in [0.2, 0.25) is 6.41 Å². The summed E-state index contributed by atoms with van der Waals surface area (Å²) in [6.45, 7) is 2.61. The van der Waals surface area contributed by atoms with E-state index < -0.39 is 6.41 Å². The highest BCUT2D eigenvalue weighted by Crippen LogP contribution is 1.90. The highest BCUT2D eigenvalue weighted by Gasteiger charge is 2.03. The summed E-state index contributed by atoms with van der Waals surface area (Å²) < 4.78 is 4.93. The fourth-order valence-electron chi connectivity index (χ4n) is 0.372. The van der Waals surface area contributed by atoms with Gasteiger partial charge in [-0.15, -0.1) is 0 Å². The summed E-state index contributed by atoms with van der Waals surface area (Å²) in [7, 11) is 3.53. The van der Waals surface area contributed by atoms with Crippen LogP contribution in [0.15, 0.2) is 0 Å². The maximum Gasteiger partial charge on any atom is 0.215 e. The van der Waals surface area contributed by atoms with Crippen LogP contribution < -0.4 is 0 Å². The van der Waals surface area contributed by atoms with Gasteiger partial charge >= 0.3 is 0 Å². The molecule has 0 fully saturated rings. The number of aliphatic hydroxyl groups is 1. The Kier molecular flexibility index (Phi) is 4.67. The number of nitrogens with zero attached hydrogens (tertiary/aromatic N) is 1. The molecule has 1 atom stereocenters. The fraction of sp³-hybridized carbons (Fsp3) is 1.00. The lowest BCUT2D eigenvalue weighted by atomic mass is 10.5. The normalized spacial score (nSPS) is 14.3. The van der Waals surface area contributed by atoms with Crippen LogP contribution in [0, 0.1) is 0 Å². The molecule has 0 aromatic heterocycles. The number of ether oxygens (including phenoxy) is 1. The Morgan fingerprint density at radius 1 is 1.56 bits per heavy atom. The summed E-state index contributed by atoms with van der Waals surface area (Å²) in [6, 6.07) is 0. The van der Waals surface area contributed by atoms with Gasteiger partial charge in [-0.3, -0.25) is 4.90 Å². The SMILES string of the molecule is CCCOC(O)N(C)C. The monoisotopic (exact) mass is 133 g/mol. The van der Waals surface area contributed by atoms with Gasteiger partial charge in [0, 0.05) is 0 Å². The minimum absolute atomic E-state index is 0.610. The van der Waals surface area contributed by atoms with Crippen LogP contribution in [0.3, 0.4) is 0 Å². The summed E-state index contributed by atoms with van der Waals surface area (Å²) >= 11 is 0. The molecule has 0 bridgehead atoms. The Balaban J connectivity index is 3.16. The van der Waals surface area contributed by atoms with Crippen molar-refractivity contribution in [3.8, 4) is 0 Å². The maximum atomic E-state index is 8.96. The van der Waals surface area contributed by atoms with Gasteiger partial charge in [0.1, 0.15) is 0 Å². The molecule has 0 saturated carbocycles. The minimum Gasteiger partial charge on any atom is -0.356 e. The van der Waals surface area contributed by atoms with Crippen LogP contribution in [0.5, 0.6) is 0 Å². The Bertz CT molecular complexity index is 66.1. The molecule has 0 aromatic rings. The minimum atomic E-state index is -0.745. The predicted octanol–water partition coefficient (Wildman–Crippen LogP) is 0.251. The van der Waals surface area contributed by atoms with Crippen LogP contribution in [0.2, 0.25) is 0 Å². The van der Waals surface area contributed by atoms with E-state index in [-0.39, 0.29) is 0 Å². The zero-order valence-electron chi connectivity index (χ0n) is 6.29. The van der Waals surface area contributed by atoms with Crippen LogP contribution in [-0.2, 0) is 4.74 Å². The van der Waals surface area contributed by atoms with Gasteiger partial charge in [0.15, 0.2) is 0 Å². The van der Waals surface area contributed by atoms with Gasteiger partial charge in [-0.1, -0.05) is 6.92 Å². The molecule has 0 aliphatic carbocycles. The van der Waals surface area contributed by atoms with Crippen molar-refractivity contribution in [3.63, 3.8) is 0 Å². The zero-order valence-corrected chi connectivity index (χ0v) is 6.29. The molecule has 0 saturated heterocycles. The number of hydrogen-bond donors (Lipinski definition) is 1. The molecule has 3 heteroatoms. The van der Waals surface area contributed by atoms with Crippen LogP contribution in [-0.4, -0.2) is 37.1 Å². The van der Waals surface area contributed by atoms with Crippen molar-refractivity contribution in [1.82, 2.24) is 4.90 Å².